The van der Waals surface area contributed by atoms with Crippen LogP contribution in [0.2, 0.25) is 0 Å². The Morgan fingerprint density at radius 1 is 0.295 bits per heavy atom. The molecule has 0 aliphatic heterocycles. The molecule has 0 aliphatic carbocycles. The normalized spacial score (nSPS) is 11.2. The van der Waals surface area contributed by atoms with E-state index < -0.39 is 0 Å². The second-order valence-electron chi connectivity index (χ2n) is 10.7. The third-order valence-corrected chi connectivity index (χ3v) is 7.91. The fourth-order valence-corrected chi connectivity index (χ4v) is 5.72. The highest BCUT2D eigenvalue weighted by atomic mass is 14.9. The summed E-state index contributed by atoms with van der Waals surface area (Å²) in [6.07, 6.45) is 0. The molecule has 4 nitrogen and oxygen atoms in total. The lowest BCUT2D eigenvalue weighted by molar-refractivity contribution is 1.16. The zero-order valence-corrected chi connectivity index (χ0v) is 23.8. The first-order chi connectivity index (χ1) is 21.8. The summed E-state index contributed by atoms with van der Waals surface area (Å²) in [6, 6.07) is 53.8. The standard InChI is InChI=1S/C40H26N4/c1-3-12-27(13-4-1)28-22-24-29(25-23-28)37-26-38(44-40(43-37)30-14-5-2-6-15-30)35-20-11-21-36(41-35)39-33-18-8-7-16-31(33)32-17-9-10-19-34(32)42-39/h1-26H. The fraction of sp³-hybridized carbons (Fsp3) is 0. The molecule has 206 valence electrons. The number of aromatic nitrogens is 4. The third-order valence-electron chi connectivity index (χ3n) is 7.91. The number of hydrogen-bond acceptors (Lipinski definition) is 4. The van der Waals surface area contributed by atoms with Gasteiger partial charge < -0.3 is 0 Å². The average Bonchev–Trinajstić information content (AvgIpc) is 3.12. The SMILES string of the molecule is c1ccc(-c2ccc(-c3cc(-c4cccc(-c5nc6ccccc6c6ccccc56)n4)nc(-c4ccccc4)n3)cc2)cc1. The summed E-state index contributed by atoms with van der Waals surface area (Å²) >= 11 is 0. The number of nitrogens with zero attached hydrogens (tertiary/aromatic N) is 4. The highest BCUT2D eigenvalue weighted by Crippen LogP contribution is 2.33. The van der Waals surface area contributed by atoms with Gasteiger partial charge in [-0.15, -0.1) is 0 Å². The van der Waals surface area contributed by atoms with Gasteiger partial charge in [0.15, 0.2) is 5.82 Å². The Hall–Kier alpha value is -6.00. The van der Waals surface area contributed by atoms with Gasteiger partial charge in [-0.3, -0.25) is 0 Å². The molecule has 0 N–H and O–H groups in total. The van der Waals surface area contributed by atoms with Gasteiger partial charge >= 0.3 is 0 Å². The molecule has 0 fully saturated rings. The van der Waals surface area contributed by atoms with Crippen LogP contribution in [0.1, 0.15) is 0 Å². The van der Waals surface area contributed by atoms with Crippen molar-refractivity contribution in [2.75, 3.05) is 0 Å². The van der Waals surface area contributed by atoms with Crippen molar-refractivity contribution in [1.82, 2.24) is 19.9 Å². The van der Waals surface area contributed by atoms with E-state index in [1.807, 2.05) is 66.7 Å². The fourth-order valence-electron chi connectivity index (χ4n) is 5.72. The summed E-state index contributed by atoms with van der Waals surface area (Å²) in [7, 11) is 0. The molecule has 3 heterocycles. The van der Waals surface area contributed by atoms with Crippen LogP contribution >= 0.6 is 0 Å². The molecule has 0 radical (unpaired) electrons. The Morgan fingerprint density at radius 2 is 0.864 bits per heavy atom. The molecule has 0 unspecified atom stereocenters. The van der Waals surface area contributed by atoms with Crippen LogP contribution in [0.25, 0.3) is 78.2 Å². The van der Waals surface area contributed by atoms with Crippen molar-refractivity contribution < 1.29 is 0 Å². The Morgan fingerprint density at radius 3 is 1.64 bits per heavy atom. The molecule has 8 aromatic rings. The Kier molecular flexibility index (Phi) is 6.43. The van der Waals surface area contributed by atoms with E-state index in [1.54, 1.807) is 0 Å². The predicted octanol–water partition coefficient (Wildman–Crippen LogP) is 9.91. The molecule has 0 atom stereocenters. The first-order valence-corrected chi connectivity index (χ1v) is 14.7. The molecule has 0 spiro atoms. The highest BCUT2D eigenvalue weighted by molar-refractivity contribution is 6.10. The quantitative estimate of drug-likeness (QED) is 0.196. The van der Waals surface area contributed by atoms with E-state index in [0.29, 0.717) is 5.82 Å². The largest absolute Gasteiger partial charge is 0.245 e. The van der Waals surface area contributed by atoms with E-state index in [2.05, 4.69) is 91.0 Å². The van der Waals surface area contributed by atoms with Crippen LogP contribution in [0.4, 0.5) is 0 Å². The van der Waals surface area contributed by atoms with Gasteiger partial charge in [0.1, 0.15) is 0 Å². The van der Waals surface area contributed by atoms with Crippen molar-refractivity contribution in [3.63, 3.8) is 0 Å². The molecule has 0 amide bonds. The van der Waals surface area contributed by atoms with E-state index in [1.165, 1.54) is 5.56 Å². The summed E-state index contributed by atoms with van der Waals surface area (Å²) in [5.74, 6) is 0.659. The van der Waals surface area contributed by atoms with Crippen molar-refractivity contribution in [2.24, 2.45) is 0 Å². The Labute approximate surface area is 255 Å². The first kappa shape index (κ1) is 25.7. The van der Waals surface area contributed by atoms with Crippen molar-refractivity contribution in [3.05, 3.63) is 158 Å². The minimum absolute atomic E-state index is 0.659. The van der Waals surface area contributed by atoms with Crippen LogP contribution in [0.15, 0.2) is 158 Å². The van der Waals surface area contributed by atoms with Gasteiger partial charge in [-0.05, 0) is 40.8 Å². The van der Waals surface area contributed by atoms with Crippen molar-refractivity contribution >= 4 is 21.7 Å². The Balaban J connectivity index is 1.27. The summed E-state index contributed by atoms with van der Waals surface area (Å²) in [6.45, 7) is 0. The van der Waals surface area contributed by atoms with Crippen LogP contribution in [0.5, 0.6) is 0 Å². The molecule has 44 heavy (non-hydrogen) atoms. The van der Waals surface area contributed by atoms with Crippen LogP contribution in [0, 0.1) is 0 Å². The van der Waals surface area contributed by atoms with Gasteiger partial charge in [0.25, 0.3) is 0 Å². The van der Waals surface area contributed by atoms with Crippen molar-refractivity contribution in [1.29, 1.82) is 0 Å². The number of hydrogen-bond donors (Lipinski definition) is 0. The van der Waals surface area contributed by atoms with Crippen LogP contribution in [0.3, 0.4) is 0 Å². The maximum atomic E-state index is 5.14. The zero-order chi connectivity index (χ0) is 29.3. The molecule has 0 aliphatic rings. The van der Waals surface area contributed by atoms with E-state index in [0.717, 1.165) is 66.8 Å². The topological polar surface area (TPSA) is 51.6 Å². The van der Waals surface area contributed by atoms with Crippen molar-refractivity contribution in [3.8, 4) is 56.5 Å². The molecule has 8 rings (SSSR count). The molecule has 3 aromatic heterocycles. The van der Waals surface area contributed by atoms with Gasteiger partial charge in [0, 0.05) is 21.9 Å². The van der Waals surface area contributed by atoms with Crippen LogP contribution in [-0.4, -0.2) is 19.9 Å². The molecular formula is C40H26N4. The van der Waals surface area contributed by atoms with Gasteiger partial charge in [-0.25, -0.2) is 19.9 Å². The molecular weight excluding hydrogens is 536 g/mol. The number of pyridine rings is 2. The smallest absolute Gasteiger partial charge is 0.160 e. The summed E-state index contributed by atoms with van der Waals surface area (Å²) in [5, 5.41) is 3.37. The molecule has 4 heteroatoms. The monoisotopic (exact) mass is 562 g/mol. The van der Waals surface area contributed by atoms with Crippen molar-refractivity contribution in [2.45, 2.75) is 0 Å². The Bertz CT molecular complexity index is 2260. The van der Waals surface area contributed by atoms with Crippen LogP contribution in [-0.2, 0) is 0 Å². The number of rotatable bonds is 5. The minimum Gasteiger partial charge on any atom is -0.245 e. The summed E-state index contributed by atoms with van der Waals surface area (Å²) in [4.78, 5) is 20.2. The second-order valence-corrected chi connectivity index (χ2v) is 10.7. The third kappa shape index (κ3) is 4.79. The van der Waals surface area contributed by atoms with E-state index in [-0.39, 0.29) is 0 Å². The number of benzene rings is 5. The van der Waals surface area contributed by atoms with E-state index in [9.17, 15) is 0 Å². The van der Waals surface area contributed by atoms with Gasteiger partial charge in [0.2, 0.25) is 0 Å². The molecule has 0 saturated carbocycles. The maximum Gasteiger partial charge on any atom is 0.160 e. The minimum atomic E-state index is 0.659. The van der Waals surface area contributed by atoms with Gasteiger partial charge in [0.05, 0.1) is 34.0 Å². The predicted molar refractivity (Wildman–Crippen MR) is 180 cm³/mol. The van der Waals surface area contributed by atoms with Gasteiger partial charge in [-0.1, -0.05) is 133 Å². The number of para-hydroxylation sites is 1. The highest BCUT2D eigenvalue weighted by Gasteiger charge is 2.15. The average molecular weight is 563 g/mol. The molecule has 0 saturated heterocycles. The lowest BCUT2D eigenvalue weighted by atomic mass is 10.0. The van der Waals surface area contributed by atoms with E-state index in [4.69, 9.17) is 19.9 Å². The molecule has 0 bridgehead atoms. The van der Waals surface area contributed by atoms with Crippen LogP contribution < -0.4 is 0 Å². The number of fused-ring (bicyclic) bond motifs is 3. The second kappa shape index (κ2) is 11.0. The van der Waals surface area contributed by atoms with Gasteiger partial charge in [-0.2, -0.15) is 0 Å². The van der Waals surface area contributed by atoms with E-state index >= 15 is 0 Å². The summed E-state index contributed by atoms with van der Waals surface area (Å²) in [5.41, 5.74) is 9.29. The summed E-state index contributed by atoms with van der Waals surface area (Å²) < 4.78 is 0. The molecule has 5 aromatic carbocycles. The first-order valence-electron chi connectivity index (χ1n) is 14.7. The lowest BCUT2D eigenvalue weighted by Crippen LogP contribution is -1.98. The lowest BCUT2D eigenvalue weighted by Gasteiger charge is -2.12. The maximum absolute atomic E-state index is 5.14. The zero-order valence-electron chi connectivity index (χ0n) is 23.8.